The Kier molecular flexibility index (Phi) is 6.61. The van der Waals surface area contributed by atoms with Gasteiger partial charge in [0.15, 0.2) is 0 Å². The molecule has 3 fully saturated rings. The Balaban J connectivity index is 1.21. The quantitative estimate of drug-likeness (QED) is 0.508. The Labute approximate surface area is 213 Å². The average molecular weight is 533 g/mol. The van der Waals surface area contributed by atoms with Crippen LogP contribution in [-0.4, -0.2) is 55.0 Å². The Bertz CT molecular complexity index is 1430. The van der Waals surface area contributed by atoms with Gasteiger partial charge in [0, 0.05) is 42.7 Å². The fourth-order valence-electron chi connectivity index (χ4n) is 5.17. The maximum absolute atomic E-state index is 12.7. The zero-order chi connectivity index (χ0) is 26.4. The number of aromatic nitrogens is 1. The smallest absolute Gasteiger partial charge is 0.351 e. The van der Waals surface area contributed by atoms with Crippen LogP contribution in [0.5, 0.6) is 0 Å². The van der Waals surface area contributed by atoms with E-state index in [2.05, 4.69) is 10.2 Å². The van der Waals surface area contributed by atoms with Crippen molar-refractivity contribution in [3.8, 4) is 0 Å². The lowest BCUT2D eigenvalue weighted by Gasteiger charge is -2.50. The first kappa shape index (κ1) is 25.5. The summed E-state index contributed by atoms with van der Waals surface area (Å²) in [6.45, 7) is 1.09. The number of anilines is 2. The number of hydrogen-bond acceptors (Lipinski definition) is 5. The molecule has 2 bridgehead atoms. The van der Waals surface area contributed by atoms with Crippen LogP contribution < -0.4 is 10.2 Å². The second-order valence-electron chi connectivity index (χ2n) is 9.69. The van der Waals surface area contributed by atoms with Crippen molar-refractivity contribution >= 4 is 38.3 Å². The van der Waals surface area contributed by atoms with E-state index in [1.54, 1.807) is 10.4 Å². The lowest BCUT2D eigenvalue weighted by atomic mass is 9.93. The van der Waals surface area contributed by atoms with Crippen molar-refractivity contribution in [2.75, 3.05) is 29.6 Å². The minimum Gasteiger partial charge on any atom is -0.351 e. The fourth-order valence-corrected chi connectivity index (χ4v) is 6.33. The van der Waals surface area contributed by atoms with Gasteiger partial charge < -0.3 is 10.2 Å². The largest absolute Gasteiger partial charge is 0.416 e. The summed E-state index contributed by atoms with van der Waals surface area (Å²) in [6.07, 6.45) is -0.872. The van der Waals surface area contributed by atoms with E-state index in [1.165, 1.54) is 18.4 Å². The monoisotopic (exact) mass is 532 g/mol. The predicted octanol–water partition coefficient (Wildman–Crippen LogP) is 4.44. The van der Waals surface area contributed by atoms with Gasteiger partial charge in [-0.2, -0.15) is 17.5 Å². The third kappa shape index (κ3) is 5.57. The van der Waals surface area contributed by atoms with Crippen molar-refractivity contribution < 1.29 is 26.4 Å². The van der Waals surface area contributed by atoms with Gasteiger partial charge in [-0.25, -0.2) is 13.4 Å². The summed E-state index contributed by atoms with van der Waals surface area (Å²) in [5, 5.41) is 3.69. The first-order chi connectivity index (χ1) is 17.5. The summed E-state index contributed by atoms with van der Waals surface area (Å²) < 4.78 is 63.9. The second kappa shape index (κ2) is 9.60. The Morgan fingerprint density at radius 2 is 1.76 bits per heavy atom. The van der Waals surface area contributed by atoms with Crippen molar-refractivity contribution in [2.24, 2.45) is 0 Å². The highest BCUT2D eigenvalue weighted by Crippen LogP contribution is 2.34. The zero-order valence-corrected chi connectivity index (χ0v) is 21.0. The number of nitrogens with one attached hydrogen (secondary N) is 1. The Morgan fingerprint density at radius 3 is 2.41 bits per heavy atom. The van der Waals surface area contributed by atoms with Gasteiger partial charge in [-0.3, -0.25) is 4.79 Å². The van der Waals surface area contributed by atoms with Crippen LogP contribution in [0.25, 0.3) is 10.9 Å². The molecule has 0 aliphatic carbocycles. The van der Waals surface area contributed by atoms with Crippen molar-refractivity contribution in [1.82, 2.24) is 9.29 Å². The number of aryl methyl sites for hydroxylation is 1. The molecule has 0 saturated carbocycles. The molecule has 3 aromatic rings. The van der Waals surface area contributed by atoms with E-state index in [9.17, 15) is 26.4 Å². The van der Waals surface area contributed by atoms with E-state index >= 15 is 0 Å². The molecular formula is C26H27F3N4O3S. The van der Waals surface area contributed by atoms with Gasteiger partial charge >= 0.3 is 6.18 Å². The van der Waals surface area contributed by atoms with E-state index in [1.807, 2.05) is 24.3 Å². The van der Waals surface area contributed by atoms with Gasteiger partial charge in [0.25, 0.3) is 0 Å². The molecule has 3 aliphatic heterocycles. The highest BCUT2D eigenvalue weighted by atomic mass is 32.2. The van der Waals surface area contributed by atoms with E-state index < -0.39 is 21.8 Å². The average Bonchev–Trinajstić information content (AvgIpc) is 2.86. The number of halogens is 3. The number of alkyl halides is 3. The van der Waals surface area contributed by atoms with Gasteiger partial charge in [0.1, 0.15) is 5.82 Å². The fraction of sp³-hybridized carbons (Fsp3) is 0.385. The van der Waals surface area contributed by atoms with E-state index in [-0.39, 0.29) is 24.4 Å². The van der Waals surface area contributed by atoms with E-state index in [4.69, 9.17) is 4.98 Å². The summed E-state index contributed by atoms with van der Waals surface area (Å²) in [4.78, 5) is 19.4. The standard InChI is InChI=1S/C26H27F3N4O3S/c1-37(35,36)33-16-21-9-10-22(33)15-32(21)24-12-5-18-14-20(8-11-23(18)31-24)30-25(34)13-4-17-2-6-19(7-3-17)26(27,28)29/h2-3,5-8,11-12,14,21-22H,4,9-10,13,15-16H2,1H3,(H,30,34)/t21-,22+/m1/s1. The molecule has 2 atom stereocenters. The Hall–Kier alpha value is -3.18. The highest BCUT2D eigenvalue weighted by Gasteiger charge is 2.43. The third-order valence-electron chi connectivity index (χ3n) is 7.08. The van der Waals surface area contributed by atoms with Crippen LogP contribution in [0.4, 0.5) is 24.7 Å². The number of hydrogen-bond donors (Lipinski definition) is 1. The third-order valence-corrected chi connectivity index (χ3v) is 8.38. The van der Waals surface area contributed by atoms with Crippen LogP contribution in [0, 0.1) is 0 Å². The number of nitrogens with zero attached hydrogens (tertiary/aromatic N) is 3. The van der Waals surface area contributed by atoms with Crippen LogP contribution in [0.15, 0.2) is 54.6 Å². The highest BCUT2D eigenvalue weighted by molar-refractivity contribution is 7.88. The van der Waals surface area contributed by atoms with Gasteiger partial charge in [-0.15, -0.1) is 0 Å². The molecule has 1 aromatic heterocycles. The minimum absolute atomic E-state index is 0.0438. The molecule has 2 aromatic carbocycles. The van der Waals surface area contributed by atoms with Crippen molar-refractivity contribution in [3.05, 3.63) is 65.7 Å². The van der Waals surface area contributed by atoms with Crippen LogP contribution in [0.1, 0.15) is 30.4 Å². The maximum atomic E-state index is 12.7. The van der Waals surface area contributed by atoms with Crippen LogP contribution in [-0.2, 0) is 27.4 Å². The molecule has 1 N–H and O–H groups in total. The number of piperidine rings is 2. The molecule has 0 unspecified atom stereocenters. The molecule has 196 valence electrons. The Morgan fingerprint density at radius 1 is 1.03 bits per heavy atom. The lowest BCUT2D eigenvalue weighted by Crippen LogP contribution is -2.64. The number of carbonyl (C=O) groups excluding carboxylic acids is 1. The molecule has 3 aliphatic rings. The molecule has 0 spiro atoms. The molecule has 4 heterocycles. The molecular weight excluding hydrogens is 505 g/mol. The topological polar surface area (TPSA) is 82.6 Å². The number of amides is 1. The number of rotatable bonds is 6. The lowest BCUT2D eigenvalue weighted by molar-refractivity contribution is -0.137. The van der Waals surface area contributed by atoms with Crippen LogP contribution >= 0.6 is 0 Å². The van der Waals surface area contributed by atoms with Crippen molar-refractivity contribution in [1.29, 1.82) is 0 Å². The minimum atomic E-state index is -4.38. The molecule has 3 saturated heterocycles. The SMILES string of the molecule is CS(=O)(=O)N1C[C@H]2CC[C@H]1CN2c1ccc2cc(NC(=O)CCc3ccc(C(F)(F)F)cc3)ccc2n1. The summed E-state index contributed by atoms with van der Waals surface area (Å²) in [6, 6.07) is 14.2. The second-order valence-corrected chi connectivity index (χ2v) is 11.6. The summed E-state index contributed by atoms with van der Waals surface area (Å²) >= 11 is 0. The number of fused-ring (bicyclic) bond motifs is 4. The van der Waals surface area contributed by atoms with E-state index in [0.29, 0.717) is 30.8 Å². The summed E-state index contributed by atoms with van der Waals surface area (Å²) in [7, 11) is -3.23. The van der Waals surface area contributed by atoms with E-state index in [0.717, 1.165) is 41.7 Å². The summed E-state index contributed by atoms with van der Waals surface area (Å²) in [5.41, 5.74) is 1.32. The number of benzene rings is 2. The molecule has 6 rings (SSSR count). The predicted molar refractivity (Wildman–Crippen MR) is 136 cm³/mol. The van der Waals surface area contributed by atoms with Gasteiger partial charge in [-0.05, 0) is 67.3 Å². The van der Waals surface area contributed by atoms with Gasteiger partial charge in [-0.1, -0.05) is 12.1 Å². The number of sulfonamides is 1. The molecule has 37 heavy (non-hydrogen) atoms. The van der Waals surface area contributed by atoms with Crippen LogP contribution in [0.3, 0.4) is 0 Å². The van der Waals surface area contributed by atoms with Crippen LogP contribution in [0.2, 0.25) is 0 Å². The molecule has 11 heteroatoms. The molecule has 1 amide bonds. The number of pyridine rings is 1. The first-order valence-electron chi connectivity index (χ1n) is 12.1. The first-order valence-corrected chi connectivity index (χ1v) is 13.9. The van der Waals surface area contributed by atoms with Crippen molar-refractivity contribution in [2.45, 2.75) is 43.9 Å². The molecule has 7 nitrogen and oxygen atoms in total. The molecule has 0 radical (unpaired) electrons. The summed E-state index contributed by atoms with van der Waals surface area (Å²) in [5.74, 6) is 0.576. The number of piperazine rings is 1. The zero-order valence-electron chi connectivity index (χ0n) is 20.2. The van der Waals surface area contributed by atoms with Gasteiger partial charge in [0.2, 0.25) is 15.9 Å². The maximum Gasteiger partial charge on any atom is 0.416 e. The number of carbonyl (C=O) groups is 1. The van der Waals surface area contributed by atoms with Gasteiger partial charge in [0.05, 0.1) is 17.3 Å². The normalized spacial score (nSPS) is 20.4. The van der Waals surface area contributed by atoms with Crippen molar-refractivity contribution in [3.63, 3.8) is 0 Å².